The van der Waals surface area contributed by atoms with Gasteiger partial charge in [-0.2, -0.15) is 0 Å². The van der Waals surface area contributed by atoms with Gasteiger partial charge in [-0.1, -0.05) is 18.6 Å². The first-order chi connectivity index (χ1) is 13.5. The molecule has 1 aromatic rings. The Bertz CT molecular complexity index is 594. The van der Waals surface area contributed by atoms with E-state index in [1.165, 1.54) is 63.8 Å². The lowest BCUT2D eigenvalue weighted by Gasteiger charge is -2.40. The van der Waals surface area contributed by atoms with Gasteiger partial charge in [0.05, 0.1) is 6.61 Å². The molecular formula is C21H32N2O5. The number of hydrogen-bond acceptors (Lipinski definition) is 5. The van der Waals surface area contributed by atoms with Gasteiger partial charge in [0.1, 0.15) is 5.75 Å². The number of carboxylic acids is 2. The van der Waals surface area contributed by atoms with E-state index in [4.69, 9.17) is 24.5 Å². The number of aliphatic carboxylic acids is 2. The number of nitrogens with zero attached hydrogens (tertiary/aromatic N) is 2. The zero-order valence-corrected chi connectivity index (χ0v) is 16.7. The number of hydrogen-bond donors (Lipinski definition) is 2. The minimum atomic E-state index is -1.82. The topological polar surface area (TPSA) is 90.3 Å². The second-order valence-electron chi connectivity index (χ2n) is 7.29. The Kier molecular flexibility index (Phi) is 9.23. The lowest BCUT2D eigenvalue weighted by molar-refractivity contribution is -0.159. The van der Waals surface area contributed by atoms with Crippen molar-refractivity contribution < 1.29 is 24.5 Å². The number of carbonyl (C=O) groups is 2. The molecule has 2 aliphatic rings. The summed E-state index contributed by atoms with van der Waals surface area (Å²) in [5, 5.41) is 14.8. The molecular weight excluding hydrogens is 360 g/mol. The summed E-state index contributed by atoms with van der Waals surface area (Å²) < 4.78 is 5.51. The average Bonchev–Trinajstić information content (AvgIpc) is 2.71. The van der Waals surface area contributed by atoms with Gasteiger partial charge in [0.15, 0.2) is 0 Å². The van der Waals surface area contributed by atoms with Crippen LogP contribution in [-0.2, 0) is 16.1 Å². The highest BCUT2D eigenvalue weighted by atomic mass is 16.5. The maximum absolute atomic E-state index is 9.10. The van der Waals surface area contributed by atoms with Crippen molar-refractivity contribution in [3.8, 4) is 5.75 Å². The van der Waals surface area contributed by atoms with E-state index in [0.717, 1.165) is 24.9 Å². The third-order valence-electron chi connectivity index (χ3n) is 5.29. The molecule has 0 amide bonds. The summed E-state index contributed by atoms with van der Waals surface area (Å²) in [6.45, 7) is 9.01. The van der Waals surface area contributed by atoms with Gasteiger partial charge in [0, 0.05) is 12.6 Å². The Morgan fingerprint density at radius 1 is 0.964 bits per heavy atom. The molecule has 0 saturated carbocycles. The standard InChI is InChI=1S/C19H30N2O.C2H2O4/c1-2-22-19-8-6-17(7-9-19)16-20-14-10-18(11-15-20)21-12-4-3-5-13-21;3-1(4)2(5)6/h6-9,18H,2-5,10-16H2,1H3;(H,3,4)(H,5,6). The largest absolute Gasteiger partial charge is 0.494 e. The normalized spacial score (nSPS) is 18.8. The maximum atomic E-state index is 9.10. The molecule has 2 heterocycles. The van der Waals surface area contributed by atoms with Crippen LogP contribution < -0.4 is 4.74 Å². The van der Waals surface area contributed by atoms with Crippen LogP contribution in [0.15, 0.2) is 24.3 Å². The van der Waals surface area contributed by atoms with Crippen LogP contribution in [0.3, 0.4) is 0 Å². The molecule has 2 fully saturated rings. The first kappa shape index (κ1) is 22.2. The summed E-state index contributed by atoms with van der Waals surface area (Å²) >= 11 is 0. The lowest BCUT2D eigenvalue weighted by Crippen LogP contribution is -2.46. The number of piperidine rings is 2. The molecule has 156 valence electrons. The SMILES string of the molecule is CCOc1ccc(CN2CCC(N3CCCCC3)CC2)cc1.O=C(O)C(=O)O. The van der Waals surface area contributed by atoms with E-state index in [9.17, 15) is 0 Å². The Morgan fingerprint density at radius 2 is 1.54 bits per heavy atom. The Balaban J connectivity index is 0.000000409. The van der Waals surface area contributed by atoms with Crippen molar-refractivity contribution in [3.63, 3.8) is 0 Å². The first-order valence-electron chi connectivity index (χ1n) is 10.1. The van der Waals surface area contributed by atoms with Crippen LogP contribution in [0.25, 0.3) is 0 Å². The molecule has 0 unspecified atom stereocenters. The number of benzene rings is 1. The van der Waals surface area contributed by atoms with Crippen LogP contribution in [0.1, 0.15) is 44.6 Å². The van der Waals surface area contributed by atoms with E-state index in [2.05, 4.69) is 34.1 Å². The van der Waals surface area contributed by atoms with E-state index < -0.39 is 11.9 Å². The smallest absolute Gasteiger partial charge is 0.414 e. The summed E-state index contributed by atoms with van der Waals surface area (Å²) in [7, 11) is 0. The highest BCUT2D eigenvalue weighted by Gasteiger charge is 2.25. The molecule has 7 nitrogen and oxygen atoms in total. The highest BCUT2D eigenvalue weighted by Crippen LogP contribution is 2.22. The second kappa shape index (κ2) is 11.7. The minimum Gasteiger partial charge on any atom is -0.494 e. The van der Waals surface area contributed by atoms with E-state index in [1.807, 2.05) is 6.92 Å². The van der Waals surface area contributed by atoms with Gasteiger partial charge in [0.2, 0.25) is 0 Å². The van der Waals surface area contributed by atoms with Crippen molar-refractivity contribution in [2.75, 3.05) is 32.8 Å². The summed E-state index contributed by atoms with van der Waals surface area (Å²) in [4.78, 5) is 23.6. The summed E-state index contributed by atoms with van der Waals surface area (Å²) in [5.41, 5.74) is 1.40. The van der Waals surface area contributed by atoms with E-state index in [0.29, 0.717) is 0 Å². The van der Waals surface area contributed by atoms with Crippen LogP contribution in [0, 0.1) is 0 Å². The number of rotatable bonds is 5. The molecule has 2 aliphatic heterocycles. The minimum absolute atomic E-state index is 0.739. The molecule has 28 heavy (non-hydrogen) atoms. The molecule has 0 aromatic heterocycles. The molecule has 3 rings (SSSR count). The summed E-state index contributed by atoms with van der Waals surface area (Å²) in [6, 6.07) is 9.46. The second-order valence-corrected chi connectivity index (χ2v) is 7.29. The number of carboxylic acid groups (broad SMARTS) is 2. The Labute approximate surface area is 166 Å². The third kappa shape index (κ3) is 7.48. The Morgan fingerprint density at radius 3 is 2.04 bits per heavy atom. The quantitative estimate of drug-likeness (QED) is 0.745. The van der Waals surface area contributed by atoms with Gasteiger partial charge in [-0.15, -0.1) is 0 Å². The zero-order valence-electron chi connectivity index (χ0n) is 16.7. The van der Waals surface area contributed by atoms with E-state index in [1.54, 1.807) is 0 Å². The van der Waals surface area contributed by atoms with Crippen LogP contribution in [0.2, 0.25) is 0 Å². The van der Waals surface area contributed by atoms with Crippen molar-refractivity contribution in [2.24, 2.45) is 0 Å². The van der Waals surface area contributed by atoms with Gasteiger partial charge >= 0.3 is 11.9 Å². The maximum Gasteiger partial charge on any atom is 0.414 e. The molecule has 7 heteroatoms. The van der Waals surface area contributed by atoms with Crippen molar-refractivity contribution in [1.29, 1.82) is 0 Å². The van der Waals surface area contributed by atoms with Gasteiger partial charge in [0.25, 0.3) is 0 Å². The molecule has 0 bridgehead atoms. The molecule has 2 saturated heterocycles. The third-order valence-corrected chi connectivity index (χ3v) is 5.29. The lowest BCUT2D eigenvalue weighted by atomic mass is 9.99. The fraction of sp³-hybridized carbons (Fsp3) is 0.619. The highest BCUT2D eigenvalue weighted by molar-refractivity contribution is 6.27. The fourth-order valence-electron chi connectivity index (χ4n) is 3.84. The van der Waals surface area contributed by atoms with Crippen LogP contribution in [-0.4, -0.2) is 70.8 Å². The summed E-state index contributed by atoms with van der Waals surface area (Å²) in [5.74, 6) is -2.67. The van der Waals surface area contributed by atoms with Crippen molar-refractivity contribution in [3.05, 3.63) is 29.8 Å². The molecule has 0 spiro atoms. The van der Waals surface area contributed by atoms with Crippen LogP contribution >= 0.6 is 0 Å². The molecule has 2 N–H and O–H groups in total. The first-order valence-corrected chi connectivity index (χ1v) is 10.1. The number of likely N-dealkylation sites (tertiary alicyclic amines) is 2. The predicted molar refractivity (Wildman–Crippen MR) is 107 cm³/mol. The van der Waals surface area contributed by atoms with Gasteiger partial charge < -0.3 is 19.8 Å². The van der Waals surface area contributed by atoms with Crippen molar-refractivity contribution >= 4 is 11.9 Å². The van der Waals surface area contributed by atoms with Gasteiger partial charge in [-0.3, -0.25) is 4.90 Å². The van der Waals surface area contributed by atoms with Crippen molar-refractivity contribution in [2.45, 2.75) is 51.6 Å². The zero-order chi connectivity index (χ0) is 20.4. The van der Waals surface area contributed by atoms with Crippen LogP contribution in [0.5, 0.6) is 5.75 Å². The van der Waals surface area contributed by atoms with Crippen LogP contribution in [0.4, 0.5) is 0 Å². The average molecular weight is 392 g/mol. The number of ether oxygens (including phenoxy) is 1. The molecule has 0 atom stereocenters. The fourth-order valence-corrected chi connectivity index (χ4v) is 3.84. The van der Waals surface area contributed by atoms with E-state index >= 15 is 0 Å². The predicted octanol–water partition coefficient (Wildman–Crippen LogP) is 2.69. The Hall–Kier alpha value is -2.12. The molecule has 0 radical (unpaired) electrons. The summed E-state index contributed by atoms with van der Waals surface area (Å²) in [6.07, 6.45) is 6.94. The van der Waals surface area contributed by atoms with E-state index in [-0.39, 0.29) is 0 Å². The molecule has 0 aliphatic carbocycles. The van der Waals surface area contributed by atoms with Gasteiger partial charge in [-0.25, -0.2) is 9.59 Å². The van der Waals surface area contributed by atoms with Crippen molar-refractivity contribution in [1.82, 2.24) is 9.80 Å². The monoisotopic (exact) mass is 392 g/mol. The van der Waals surface area contributed by atoms with Gasteiger partial charge in [-0.05, 0) is 76.5 Å². The molecule has 1 aromatic carbocycles.